The fourth-order valence-electron chi connectivity index (χ4n) is 4.20. The van der Waals surface area contributed by atoms with Gasteiger partial charge in [-0.1, -0.05) is 42.5 Å². The summed E-state index contributed by atoms with van der Waals surface area (Å²) < 4.78 is 40.7. The van der Waals surface area contributed by atoms with Gasteiger partial charge in [-0.2, -0.15) is 0 Å². The van der Waals surface area contributed by atoms with Crippen LogP contribution in [0.3, 0.4) is 0 Å². The van der Waals surface area contributed by atoms with Crippen molar-refractivity contribution in [2.24, 2.45) is 0 Å². The SMILES string of the molecule is O=C(CN1CCCN(S(=O)(=O)CCc2cccc3ccccc23)CC1)Nc1ccc(F)cc1. The van der Waals surface area contributed by atoms with E-state index in [9.17, 15) is 17.6 Å². The molecule has 0 unspecified atom stereocenters. The number of carbonyl (C=O) groups is 1. The largest absolute Gasteiger partial charge is 0.325 e. The van der Waals surface area contributed by atoms with Gasteiger partial charge in [0.05, 0.1) is 12.3 Å². The maximum atomic E-state index is 13.0. The van der Waals surface area contributed by atoms with E-state index >= 15 is 0 Å². The van der Waals surface area contributed by atoms with Gasteiger partial charge in [0.1, 0.15) is 5.82 Å². The van der Waals surface area contributed by atoms with Crippen LogP contribution in [0.2, 0.25) is 0 Å². The molecule has 0 atom stereocenters. The summed E-state index contributed by atoms with van der Waals surface area (Å²) in [5.41, 5.74) is 1.57. The van der Waals surface area contributed by atoms with E-state index in [1.54, 1.807) is 4.31 Å². The summed E-state index contributed by atoms with van der Waals surface area (Å²) in [6, 6.07) is 19.6. The summed E-state index contributed by atoms with van der Waals surface area (Å²) in [5.74, 6) is -0.498. The summed E-state index contributed by atoms with van der Waals surface area (Å²) in [4.78, 5) is 14.3. The van der Waals surface area contributed by atoms with Crippen molar-refractivity contribution in [3.8, 4) is 0 Å². The van der Waals surface area contributed by atoms with Crippen LogP contribution in [0.4, 0.5) is 10.1 Å². The maximum Gasteiger partial charge on any atom is 0.238 e. The van der Waals surface area contributed by atoms with Crippen molar-refractivity contribution < 1.29 is 17.6 Å². The number of benzene rings is 3. The van der Waals surface area contributed by atoms with Crippen molar-refractivity contribution in [1.29, 1.82) is 0 Å². The van der Waals surface area contributed by atoms with E-state index in [2.05, 4.69) is 5.32 Å². The molecule has 4 rings (SSSR count). The highest BCUT2D eigenvalue weighted by molar-refractivity contribution is 7.89. The summed E-state index contributed by atoms with van der Waals surface area (Å²) in [6.07, 6.45) is 1.13. The summed E-state index contributed by atoms with van der Waals surface area (Å²) in [7, 11) is -3.41. The number of amides is 1. The minimum atomic E-state index is -3.41. The molecule has 0 spiro atoms. The van der Waals surface area contributed by atoms with Gasteiger partial charge >= 0.3 is 0 Å². The van der Waals surface area contributed by atoms with Gasteiger partial charge < -0.3 is 5.32 Å². The molecule has 8 heteroatoms. The second-order valence-corrected chi connectivity index (χ2v) is 10.4. The molecule has 1 N–H and O–H groups in total. The molecule has 1 saturated heterocycles. The fraction of sp³-hybridized carbons (Fsp3) is 0.320. The van der Waals surface area contributed by atoms with Crippen molar-refractivity contribution in [1.82, 2.24) is 9.21 Å². The van der Waals surface area contributed by atoms with Crippen LogP contribution in [0.15, 0.2) is 66.7 Å². The Labute approximate surface area is 194 Å². The number of hydrogen-bond donors (Lipinski definition) is 1. The summed E-state index contributed by atoms with van der Waals surface area (Å²) in [5, 5.41) is 4.95. The Hall–Kier alpha value is -2.81. The third kappa shape index (κ3) is 6.16. The zero-order chi connectivity index (χ0) is 23.3. The predicted molar refractivity (Wildman–Crippen MR) is 129 cm³/mol. The van der Waals surface area contributed by atoms with Crippen LogP contribution in [-0.4, -0.2) is 62.0 Å². The first-order valence-electron chi connectivity index (χ1n) is 11.1. The third-order valence-electron chi connectivity index (χ3n) is 5.95. The molecule has 3 aromatic carbocycles. The number of aryl methyl sites for hydroxylation is 1. The van der Waals surface area contributed by atoms with Crippen molar-refractivity contribution in [2.75, 3.05) is 43.8 Å². The highest BCUT2D eigenvalue weighted by atomic mass is 32.2. The van der Waals surface area contributed by atoms with Crippen molar-refractivity contribution in [3.63, 3.8) is 0 Å². The van der Waals surface area contributed by atoms with E-state index in [0.717, 1.165) is 16.3 Å². The molecule has 1 aliphatic heterocycles. The van der Waals surface area contributed by atoms with Crippen molar-refractivity contribution >= 4 is 32.4 Å². The number of nitrogens with zero attached hydrogens (tertiary/aromatic N) is 2. The number of carbonyl (C=O) groups excluding carboxylic acids is 1. The minimum Gasteiger partial charge on any atom is -0.325 e. The lowest BCUT2D eigenvalue weighted by Gasteiger charge is -2.21. The van der Waals surface area contributed by atoms with Crippen LogP contribution >= 0.6 is 0 Å². The van der Waals surface area contributed by atoms with Crippen LogP contribution in [0.5, 0.6) is 0 Å². The van der Waals surface area contributed by atoms with Crippen LogP contribution in [0, 0.1) is 5.82 Å². The first-order valence-corrected chi connectivity index (χ1v) is 12.7. The third-order valence-corrected chi connectivity index (χ3v) is 7.82. The number of sulfonamides is 1. The van der Waals surface area contributed by atoms with Gasteiger partial charge in [-0.15, -0.1) is 0 Å². The molecule has 1 aliphatic rings. The molecule has 1 amide bonds. The minimum absolute atomic E-state index is 0.0616. The molecule has 0 bridgehead atoms. The van der Waals surface area contributed by atoms with E-state index in [1.165, 1.54) is 24.3 Å². The molecular weight excluding hydrogens is 441 g/mol. The number of rotatable bonds is 7. The highest BCUT2D eigenvalue weighted by Gasteiger charge is 2.26. The lowest BCUT2D eigenvalue weighted by atomic mass is 10.0. The Morgan fingerprint density at radius 3 is 2.48 bits per heavy atom. The van der Waals surface area contributed by atoms with Gasteiger partial charge in [0.15, 0.2) is 0 Å². The second kappa shape index (κ2) is 10.4. The molecule has 3 aromatic rings. The molecule has 6 nitrogen and oxygen atoms in total. The first-order chi connectivity index (χ1) is 15.9. The average molecular weight is 470 g/mol. The van der Waals surface area contributed by atoms with Crippen LogP contribution in [0.1, 0.15) is 12.0 Å². The van der Waals surface area contributed by atoms with E-state index in [0.29, 0.717) is 44.7 Å². The molecule has 0 saturated carbocycles. The highest BCUT2D eigenvalue weighted by Crippen LogP contribution is 2.20. The number of halogens is 1. The number of hydrogen-bond acceptors (Lipinski definition) is 4. The maximum absolute atomic E-state index is 13.0. The number of nitrogens with one attached hydrogen (secondary N) is 1. The smallest absolute Gasteiger partial charge is 0.238 e. The topological polar surface area (TPSA) is 69.7 Å². The fourth-order valence-corrected chi connectivity index (χ4v) is 5.70. The van der Waals surface area contributed by atoms with E-state index in [1.807, 2.05) is 47.4 Å². The molecule has 1 heterocycles. The van der Waals surface area contributed by atoms with E-state index in [-0.39, 0.29) is 24.0 Å². The normalized spacial score (nSPS) is 15.9. The Morgan fingerprint density at radius 2 is 1.67 bits per heavy atom. The van der Waals surface area contributed by atoms with Gasteiger partial charge in [-0.25, -0.2) is 17.1 Å². The number of anilines is 1. The molecule has 0 aromatic heterocycles. The quantitative estimate of drug-likeness (QED) is 0.575. The summed E-state index contributed by atoms with van der Waals surface area (Å²) in [6.45, 7) is 2.12. The predicted octanol–water partition coefficient (Wildman–Crippen LogP) is 3.50. The van der Waals surface area contributed by atoms with Gasteiger partial charge in [0.25, 0.3) is 0 Å². The lowest BCUT2D eigenvalue weighted by molar-refractivity contribution is -0.117. The molecule has 1 fully saturated rings. The Balaban J connectivity index is 1.31. The van der Waals surface area contributed by atoms with Gasteiger partial charge in [-0.3, -0.25) is 9.69 Å². The Morgan fingerprint density at radius 1 is 0.909 bits per heavy atom. The zero-order valence-electron chi connectivity index (χ0n) is 18.4. The van der Waals surface area contributed by atoms with Gasteiger partial charge in [0.2, 0.25) is 15.9 Å². The van der Waals surface area contributed by atoms with Crippen LogP contribution < -0.4 is 5.32 Å². The van der Waals surface area contributed by atoms with E-state index < -0.39 is 10.0 Å². The van der Waals surface area contributed by atoms with Crippen molar-refractivity contribution in [3.05, 3.63) is 78.1 Å². The summed E-state index contributed by atoms with van der Waals surface area (Å²) >= 11 is 0. The molecule has 174 valence electrons. The van der Waals surface area contributed by atoms with E-state index in [4.69, 9.17) is 0 Å². The molecular formula is C25H28FN3O3S. The van der Waals surface area contributed by atoms with Crippen molar-refractivity contribution in [2.45, 2.75) is 12.8 Å². The second-order valence-electron chi connectivity index (χ2n) is 8.29. The lowest BCUT2D eigenvalue weighted by Crippen LogP contribution is -2.39. The van der Waals surface area contributed by atoms with Gasteiger partial charge in [-0.05, 0) is 60.0 Å². The van der Waals surface area contributed by atoms with Crippen LogP contribution in [0.25, 0.3) is 10.8 Å². The monoisotopic (exact) mass is 469 g/mol. The molecule has 0 radical (unpaired) electrons. The number of fused-ring (bicyclic) bond motifs is 1. The zero-order valence-corrected chi connectivity index (χ0v) is 19.2. The first kappa shape index (κ1) is 23.4. The molecule has 33 heavy (non-hydrogen) atoms. The Bertz CT molecular complexity index is 1210. The van der Waals surface area contributed by atoms with Crippen LogP contribution in [-0.2, 0) is 21.2 Å². The van der Waals surface area contributed by atoms with Gasteiger partial charge in [0, 0.05) is 25.3 Å². The standard InChI is InChI=1S/C25H28FN3O3S/c26-22-9-11-23(12-10-22)27-25(30)19-28-14-4-15-29(17-16-28)33(31,32)18-13-21-7-3-6-20-5-1-2-8-24(20)21/h1-3,5-12H,4,13-19H2,(H,27,30). The average Bonchev–Trinajstić information content (AvgIpc) is 3.05. The molecule has 0 aliphatic carbocycles. The Kier molecular flexibility index (Phi) is 7.37.